The van der Waals surface area contributed by atoms with E-state index in [0.29, 0.717) is 5.56 Å². The van der Waals surface area contributed by atoms with E-state index >= 15 is 0 Å². The molecule has 1 rings (SSSR count). The Hall–Kier alpha value is -0.290. The summed E-state index contributed by atoms with van der Waals surface area (Å²) >= 11 is 8.07. The molecular weight excluding hydrogens is 336 g/mol. The van der Waals surface area contributed by atoms with Gasteiger partial charge in [-0.05, 0) is 61.1 Å². The third-order valence-corrected chi connectivity index (χ3v) is 2.99. The summed E-state index contributed by atoms with van der Waals surface area (Å²) in [5.41, 5.74) is 0.695. The normalized spacial score (nSPS) is 14.2. The summed E-state index contributed by atoms with van der Waals surface area (Å²) in [5, 5.41) is 3.00. The van der Waals surface area contributed by atoms with Gasteiger partial charge in [-0.3, -0.25) is 4.79 Å². The Morgan fingerprint density at radius 1 is 1.50 bits per heavy atom. The summed E-state index contributed by atoms with van der Waals surface area (Å²) in [6.45, 7) is 3.89. The smallest absolute Gasteiger partial charge is 0.251 e. The van der Waals surface area contributed by atoms with Gasteiger partial charge >= 0.3 is 0 Å². The summed E-state index contributed by atoms with van der Waals surface area (Å²) in [5.74, 6) is -0.0386. The number of carbonyl (C=O) groups excluding carboxylic acids is 1. The van der Waals surface area contributed by atoms with E-state index in [4.69, 9.17) is 11.6 Å². The molecule has 2 nitrogen and oxygen atoms in total. The molecule has 4 heteroatoms. The van der Waals surface area contributed by atoms with Gasteiger partial charge in [0.25, 0.3) is 5.91 Å². The fourth-order valence-electron chi connectivity index (χ4n) is 1.48. The van der Waals surface area contributed by atoms with Gasteiger partial charge in [0.15, 0.2) is 0 Å². The van der Waals surface area contributed by atoms with Crippen LogP contribution in [-0.4, -0.2) is 17.3 Å². The van der Waals surface area contributed by atoms with Crippen LogP contribution in [0.2, 0.25) is 0 Å². The SMILES string of the molecule is CC(Cl)CC(C)NC(=O)c1cccc(I)c1. The largest absolute Gasteiger partial charge is 0.350 e. The molecule has 0 aliphatic carbocycles. The van der Waals surface area contributed by atoms with Crippen LogP contribution in [0.15, 0.2) is 24.3 Å². The van der Waals surface area contributed by atoms with Gasteiger partial charge in [0.2, 0.25) is 0 Å². The number of halogens is 2. The predicted octanol–water partition coefficient (Wildman–Crippen LogP) is 3.43. The molecule has 1 aromatic carbocycles. The zero-order valence-electron chi connectivity index (χ0n) is 9.34. The van der Waals surface area contributed by atoms with Gasteiger partial charge in [-0.2, -0.15) is 0 Å². The topological polar surface area (TPSA) is 29.1 Å². The van der Waals surface area contributed by atoms with E-state index in [1.165, 1.54) is 0 Å². The Morgan fingerprint density at radius 2 is 2.19 bits per heavy atom. The van der Waals surface area contributed by atoms with Crippen molar-refractivity contribution in [3.05, 3.63) is 33.4 Å². The zero-order valence-corrected chi connectivity index (χ0v) is 12.2. The highest BCUT2D eigenvalue weighted by Gasteiger charge is 2.11. The maximum atomic E-state index is 11.8. The Balaban J connectivity index is 2.59. The summed E-state index contributed by atoms with van der Waals surface area (Å²) in [6.07, 6.45) is 0.775. The van der Waals surface area contributed by atoms with Gasteiger partial charge in [-0.1, -0.05) is 6.07 Å². The van der Waals surface area contributed by atoms with E-state index in [1.54, 1.807) is 0 Å². The first-order valence-corrected chi connectivity index (χ1v) is 6.71. The minimum Gasteiger partial charge on any atom is -0.350 e. The Bertz CT molecular complexity index is 368. The number of amides is 1. The highest BCUT2D eigenvalue weighted by atomic mass is 127. The second-order valence-electron chi connectivity index (χ2n) is 3.90. The second kappa shape index (κ2) is 6.45. The number of rotatable bonds is 4. The van der Waals surface area contributed by atoms with Gasteiger partial charge < -0.3 is 5.32 Å². The molecule has 16 heavy (non-hydrogen) atoms. The number of nitrogens with one attached hydrogen (secondary N) is 1. The Kier molecular flexibility index (Phi) is 5.55. The number of benzene rings is 1. The third-order valence-electron chi connectivity index (χ3n) is 2.14. The number of hydrogen-bond acceptors (Lipinski definition) is 1. The van der Waals surface area contributed by atoms with Crippen LogP contribution in [0.3, 0.4) is 0 Å². The van der Waals surface area contributed by atoms with Crippen molar-refractivity contribution in [3.8, 4) is 0 Å². The first kappa shape index (κ1) is 13.8. The highest BCUT2D eigenvalue weighted by Crippen LogP contribution is 2.09. The van der Waals surface area contributed by atoms with Crippen LogP contribution in [0.25, 0.3) is 0 Å². The van der Waals surface area contributed by atoms with Gasteiger partial charge in [-0.15, -0.1) is 11.6 Å². The molecule has 2 unspecified atom stereocenters. The molecule has 0 bridgehead atoms. The number of carbonyl (C=O) groups is 1. The molecule has 0 saturated carbocycles. The number of hydrogen-bond donors (Lipinski definition) is 1. The quantitative estimate of drug-likeness (QED) is 0.653. The third kappa shape index (κ3) is 4.70. The lowest BCUT2D eigenvalue weighted by Gasteiger charge is -2.15. The van der Waals surface area contributed by atoms with Crippen molar-refractivity contribution >= 4 is 40.1 Å². The van der Waals surface area contributed by atoms with Crippen LogP contribution in [-0.2, 0) is 0 Å². The van der Waals surface area contributed by atoms with E-state index < -0.39 is 0 Å². The van der Waals surface area contributed by atoms with Gasteiger partial charge in [0.05, 0.1) is 0 Å². The molecule has 88 valence electrons. The van der Waals surface area contributed by atoms with E-state index in [-0.39, 0.29) is 17.3 Å². The molecule has 0 aliphatic heterocycles. The summed E-state index contributed by atoms with van der Waals surface area (Å²) < 4.78 is 1.06. The average molecular weight is 352 g/mol. The van der Waals surface area contributed by atoms with Crippen molar-refractivity contribution < 1.29 is 4.79 Å². The first-order valence-electron chi connectivity index (χ1n) is 5.19. The molecule has 0 heterocycles. The monoisotopic (exact) mass is 351 g/mol. The van der Waals surface area contributed by atoms with Crippen LogP contribution >= 0.6 is 34.2 Å². The molecule has 0 aliphatic rings. The molecule has 0 fully saturated rings. The molecule has 0 saturated heterocycles. The highest BCUT2D eigenvalue weighted by molar-refractivity contribution is 14.1. The Morgan fingerprint density at radius 3 is 2.75 bits per heavy atom. The zero-order chi connectivity index (χ0) is 12.1. The van der Waals surface area contributed by atoms with Crippen LogP contribution in [0.4, 0.5) is 0 Å². The fraction of sp³-hybridized carbons (Fsp3) is 0.417. The number of alkyl halides is 1. The van der Waals surface area contributed by atoms with E-state index in [0.717, 1.165) is 9.99 Å². The van der Waals surface area contributed by atoms with Crippen molar-refractivity contribution in [1.29, 1.82) is 0 Å². The lowest BCUT2D eigenvalue weighted by molar-refractivity contribution is 0.0938. The average Bonchev–Trinajstić information content (AvgIpc) is 2.16. The predicted molar refractivity (Wildman–Crippen MR) is 76.0 cm³/mol. The molecule has 2 atom stereocenters. The Labute approximate surface area is 115 Å². The second-order valence-corrected chi connectivity index (χ2v) is 5.89. The van der Waals surface area contributed by atoms with Crippen LogP contribution in [0, 0.1) is 3.57 Å². The van der Waals surface area contributed by atoms with E-state index in [9.17, 15) is 4.79 Å². The minimum absolute atomic E-state index is 0.0386. The van der Waals surface area contributed by atoms with Crippen molar-refractivity contribution in [1.82, 2.24) is 5.32 Å². The lowest BCUT2D eigenvalue weighted by atomic mass is 10.1. The maximum absolute atomic E-state index is 11.8. The lowest BCUT2D eigenvalue weighted by Crippen LogP contribution is -2.33. The van der Waals surface area contributed by atoms with E-state index in [1.807, 2.05) is 38.1 Å². The standard InChI is InChI=1S/C12H15ClINO/c1-8(13)6-9(2)15-12(16)10-4-3-5-11(14)7-10/h3-5,7-9H,6H2,1-2H3,(H,15,16). The van der Waals surface area contributed by atoms with Crippen LogP contribution in [0.5, 0.6) is 0 Å². The van der Waals surface area contributed by atoms with Crippen molar-refractivity contribution in [2.24, 2.45) is 0 Å². The van der Waals surface area contributed by atoms with Gasteiger partial charge in [0.1, 0.15) is 0 Å². The van der Waals surface area contributed by atoms with Crippen LogP contribution < -0.4 is 5.32 Å². The molecule has 1 N–H and O–H groups in total. The van der Waals surface area contributed by atoms with E-state index in [2.05, 4.69) is 27.9 Å². The maximum Gasteiger partial charge on any atom is 0.251 e. The summed E-state index contributed by atoms with van der Waals surface area (Å²) in [6, 6.07) is 7.62. The molecular formula is C12H15ClINO. The van der Waals surface area contributed by atoms with Crippen molar-refractivity contribution in [2.75, 3.05) is 0 Å². The molecule has 0 aromatic heterocycles. The van der Waals surface area contributed by atoms with Crippen LogP contribution in [0.1, 0.15) is 30.6 Å². The molecule has 1 aromatic rings. The summed E-state index contributed by atoms with van der Waals surface area (Å²) in [7, 11) is 0. The molecule has 0 radical (unpaired) electrons. The minimum atomic E-state index is -0.0386. The van der Waals surface area contributed by atoms with Crippen molar-refractivity contribution in [2.45, 2.75) is 31.7 Å². The molecule has 1 amide bonds. The first-order chi connectivity index (χ1) is 7.49. The van der Waals surface area contributed by atoms with Gasteiger partial charge in [-0.25, -0.2) is 0 Å². The van der Waals surface area contributed by atoms with Gasteiger partial charge in [0, 0.05) is 20.6 Å². The van der Waals surface area contributed by atoms with Crippen molar-refractivity contribution in [3.63, 3.8) is 0 Å². The fourth-order valence-corrected chi connectivity index (χ4v) is 2.29. The summed E-state index contributed by atoms with van der Waals surface area (Å²) in [4.78, 5) is 11.8. The molecule has 0 spiro atoms.